The minimum Gasteiger partial charge on any atom is -0.382 e. The fourth-order valence-electron chi connectivity index (χ4n) is 1.49. The molecule has 0 saturated carbocycles. The van der Waals surface area contributed by atoms with Gasteiger partial charge in [0.15, 0.2) is 0 Å². The molecule has 1 aliphatic rings. The predicted molar refractivity (Wildman–Crippen MR) is 77.3 cm³/mol. The minimum atomic E-state index is 0.623. The lowest BCUT2D eigenvalue weighted by molar-refractivity contribution is 0.839. The van der Waals surface area contributed by atoms with Crippen molar-refractivity contribution in [1.82, 2.24) is 0 Å². The molecule has 94 valence electrons. The summed E-state index contributed by atoms with van der Waals surface area (Å²) in [6.07, 6.45) is 1.18. The highest BCUT2D eigenvalue weighted by molar-refractivity contribution is 5.56. The SMILES string of the molecule is CC.CC.CC.CC1Cc2ccccc2N1. The number of nitrogens with one attached hydrogen (secondary N) is 1. The van der Waals surface area contributed by atoms with Crippen LogP contribution < -0.4 is 5.32 Å². The number of hydrogen-bond acceptors (Lipinski definition) is 1. The highest BCUT2D eigenvalue weighted by atomic mass is 14.9. The lowest BCUT2D eigenvalue weighted by Gasteiger charge is -2.00. The highest BCUT2D eigenvalue weighted by Gasteiger charge is 2.14. The fraction of sp³-hybridized carbons (Fsp3) is 0.600. The van der Waals surface area contributed by atoms with Crippen LogP contribution in [-0.2, 0) is 6.42 Å². The molecular weight excluding hydrogens is 194 g/mol. The van der Waals surface area contributed by atoms with Gasteiger partial charge in [0.2, 0.25) is 0 Å². The maximum atomic E-state index is 3.40. The van der Waals surface area contributed by atoms with Crippen molar-refractivity contribution in [2.24, 2.45) is 0 Å². The molecule has 0 spiro atoms. The summed E-state index contributed by atoms with van der Waals surface area (Å²) >= 11 is 0. The van der Waals surface area contributed by atoms with Crippen molar-refractivity contribution < 1.29 is 0 Å². The van der Waals surface area contributed by atoms with Gasteiger partial charge < -0.3 is 5.32 Å². The maximum Gasteiger partial charge on any atom is 0.0375 e. The molecule has 1 aromatic carbocycles. The molecule has 1 unspecified atom stereocenters. The van der Waals surface area contributed by atoms with E-state index >= 15 is 0 Å². The molecule has 2 rings (SSSR count). The summed E-state index contributed by atoms with van der Waals surface area (Å²) in [5, 5.41) is 3.40. The van der Waals surface area contributed by atoms with Gasteiger partial charge in [0.1, 0.15) is 0 Å². The number of benzene rings is 1. The van der Waals surface area contributed by atoms with Crippen LogP contribution in [0.4, 0.5) is 5.69 Å². The first-order valence-electron chi connectivity index (χ1n) is 6.71. The van der Waals surface area contributed by atoms with Crippen LogP contribution in [0.25, 0.3) is 0 Å². The molecule has 16 heavy (non-hydrogen) atoms. The Hall–Kier alpha value is -0.980. The molecule has 1 nitrogen and oxygen atoms in total. The summed E-state index contributed by atoms with van der Waals surface area (Å²) in [5.41, 5.74) is 2.77. The van der Waals surface area contributed by atoms with Crippen molar-refractivity contribution >= 4 is 5.69 Å². The first-order valence-corrected chi connectivity index (χ1v) is 6.71. The van der Waals surface area contributed by atoms with Crippen molar-refractivity contribution in [2.45, 2.75) is 60.9 Å². The molecule has 1 heterocycles. The Kier molecular flexibility index (Phi) is 13.2. The van der Waals surface area contributed by atoms with E-state index in [1.807, 2.05) is 41.5 Å². The molecule has 1 aliphatic heterocycles. The Morgan fingerprint density at radius 2 is 1.44 bits per heavy atom. The van der Waals surface area contributed by atoms with Gasteiger partial charge in [-0.3, -0.25) is 0 Å². The monoisotopic (exact) mass is 223 g/mol. The summed E-state index contributed by atoms with van der Waals surface area (Å²) in [5.74, 6) is 0. The Labute approximate surface area is 102 Å². The third kappa shape index (κ3) is 5.79. The largest absolute Gasteiger partial charge is 0.382 e. The van der Waals surface area contributed by atoms with Crippen molar-refractivity contribution in [3.05, 3.63) is 29.8 Å². The molecule has 0 amide bonds. The zero-order valence-electron chi connectivity index (χ0n) is 12.1. The smallest absolute Gasteiger partial charge is 0.0375 e. The van der Waals surface area contributed by atoms with Crippen LogP contribution in [-0.4, -0.2) is 6.04 Å². The third-order valence-corrected chi connectivity index (χ3v) is 1.95. The van der Waals surface area contributed by atoms with Crippen molar-refractivity contribution in [3.63, 3.8) is 0 Å². The van der Waals surface area contributed by atoms with Crippen LogP contribution in [0.1, 0.15) is 54.0 Å². The van der Waals surface area contributed by atoms with Gasteiger partial charge in [-0.2, -0.15) is 0 Å². The van der Waals surface area contributed by atoms with Crippen LogP contribution >= 0.6 is 0 Å². The number of fused-ring (bicyclic) bond motifs is 1. The molecule has 0 saturated heterocycles. The van der Waals surface area contributed by atoms with E-state index in [2.05, 4.69) is 36.5 Å². The van der Waals surface area contributed by atoms with E-state index in [9.17, 15) is 0 Å². The third-order valence-electron chi connectivity index (χ3n) is 1.95. The number of para-hydroxylation sites is 1. The van der Waals surface area contributed by atoms with Crippen LogP contribution in [0.15, 0.2) is 24.3 Å². The van der Waals surface area contributed by atoms with Gasteiger partial charge in [-0.1, -0.05) is 59.7 Å². The Morgan fingerprint density at radius 1 is 0.938 bits per heavy atom. The molecular formula is C15H29N. The average molecular weight is 223 g/mol. The molecule has 0 aliphatic carbocycles. The molecule has 0 fully saturated rings. The predicted octanol–water partition coefficient (Wildman–Crippen LogP) is 5.12. The maximum absolute atomic E-state index is 3.40. The summed E-state index contributed by atoms with van der Waals surface area (Å²) in [4.78, 5) is 0. The number of anilines is 1. The molecule has 1 atom stereocenters. The van der Waals surface area contributed by atoms with Gasteiger partial charge in [-0.15, -0.1) is 0 Å². The Morgan fingerprint density at radius 3 is 1.94 bits per heavy atom. The minimum absolute atomic E-state index is 0.623. The molecule has 0 bridgehead atoms. The highest BCUT2D eigenvalue weighted by Crippen LogP contribution is 2.24. The fourth-order valence-corrected chi connectivity index (χ4v) is 1.49. The van der Waals surface area contributed by atoms with Crippen LogP contribution in [0.3, 0.4) is 0 Å². The Bertz CT molecular complexity index is 218. The summed E-state index contributed by atoms with van der Waals surface area (Å²) in [6, 6.07) is 9.12. The van der Waals surface area contributed by atoms with Gasteiger partial charge in [-0.25, -0.2) is 0 Å². The van der Waals surface area contributed by atoms with Gasteiger partial charge >= 0.3 is 0 Å². The van der Waals surface area contributed by atoms with Gasteiger partial charge in [0.05, 0.1) is 0 Å². The molecule has 1 heteroatoms. The van der Waals surface area contributed by atoms with Gasteiger partial charge in [0, 0.05) is 11.7 Å². The van der Waals surface area contributed by atoms with E-state index in [0.29, 0.717) is 6.04 Å². The Balaban J connectivity index is 0. The molecule has 0 aromatic heterocycles. The standard InChI is InChI=1S/C9H11N.3C2H6/c1-7-6-8-4-2-3-5-9(8)10-7;3*1-2/h2-5,7,10H,6H2,1H3;3*1-2H3. The van der Waals surface area contributed by atoms with Gasteiger partial charge in [-0.05, 0) is 25.0 Å². The first-order chi connectivity index (χ1) is 7.86. The van der Waals surface area contributed by atoms with Crippen LogP contribution in [0.2, 0.25) is 0 Å². The van der Waals surface area contributed by atoms with Crippen molar-refractivity contribution in [2.75, 3.05) is 5.32 Å². The van der Waals surface area contributed by atoms with E-state index in [-0.39, 0.29) is 0 Å². The quantitative estimate of drug-likeness (QED) is 0.643. The number of hydrogen-bond donors (Lipinski definition) is 1. The summed E-state index contributed by atoms with van der Waals surface area (Å²) in [7, 11) is 0. The molecule has 1 N–H and O–H groups in total. The molecule has 0 radical (unpaired) electrons. The zero-order valence-corrected chi connectivity index (χ0v) is 12.1. The van der Waals surface area contributed by atoms with E-state index < -0.39 is 0 Å². The van der Waals surface area contributed by atoms with Crippen molar-refractivity contribution in [3.8, 4) is 0 Å². The second kappa shape index (κ2) is 12.1. The lowest BCUT2D eigenvalue weighted by Crippen LogP contribution is -2.08. The first kappa shape index (κ1) is 17.4. The zero-order chi connectivity index (χ0) is 13.0. The van der Waals surface area contributed by atoms with Crippen LogP contribution in [0.5, 0.6) is 0 Å². The van der Waals surface area contributed by atoms with E-state index in [0.717, 1.165) is 0 Å². The summed E-state index contributed by atoms with van der Waals surface area (Å²) in [6.45, 7) is 14.2. The van der Waals surface area contributed by atoms with Crippen molar-refractivity contribution in [1.29, 1.82) is 0 Å². The average Bonchev–Trinajstić information content (AvgIpc) is 2.76. The lowest BCUT2D eigenvalue weighted by atomic mass is 10.1. The topological polar surface area (TPSA) is 12.0 Å². The number of rotatable bonds is 0. The van der Waals surface area contributed by atoms with E-state index in [4.69, 9.17) is 0 Å². The van der Waals surface area contributed by atoms with Gasteiger partial charge in [0.25, 0.3) is 0 Å². The second-order valence-corrected chi connectivity index (χ2v) is 2.91. The summed E-state index contributed by atoms with van der Waals surface area (Å²) < 4.78 is 0. The van der Waals surface area contributed by atoms with E-state index in [1.54, 1.807) is 0 Å². The normalized spacial score (nSPS) is 14.8. The second-order valence-electron chi connectivity index (χ2n) is 2.91. The molecule has 1 aromatic rings. The van der Waals surface area contributed by atoms with Crippen LogP contribution in [0, 0.1) is 0 Å². The van der Waals surface area contributed by atoms with E-state index in [1.165, 1.54) is 17.7 Å².